The Labute approximate surface area is 74.2 Å². The Hall–Kier alpha value is -0.0400. The van der Waals surface area contributed by atoms with Crippen LogP contribution in [0.25, 0.3) is 0 Å². The van der Waals surface area contributed by atoms with Crippen molar-refractivity contribution in [3.05, 3.63) is 0 Å². The minimum absolute atomic E-state index is 0.307. The SMILES string of the molecule is C[C@]1(O)CC2CC3CC(C2)C1C3. The molecule has 3 aliphatic rings. The minimum Gasteiger partial charge on any atom is -0.390 e. The first-order chi connectivity index (χ1) is 5.65. The fraction of sp³-hybridized carbons (Fsp3) is 1.00. The van der Waals surface area contributed by atoms with Crippen molar-refractivity contribution in [2.75, 3.05) is 0 Å². The van der Waals surface area contributed by atoms with Crippen molar-refractivity contribution < 1.29 is 5.11 Å². The van der Waals surface area contributed by atoms with Crippen molar-refractivity contribution >= 4 is 0 Å². The molecule has 0 heterocycles. The Kier molecular flexibility index (Phi) is 1.27. The highest BCUT2D eigenvalue weighted by molar-refractivity contribution is 5.03. The van der Waals surface area contributed by atoms with Crippen LogP contribution in [0.15, 0.2) is 0 Å². The molecule has 1 heteroatoms. The predicted molar refractivity (Wildman–Crippen MR) is 47.7 cm³/mol. The van der Waals surface area contributed by atoms with Gasteiger partial charge in [-0.3, -0.25) is 0 Å². The topological polar surface area (TPSA) is 20.2 Å². The Bertz CT molecular complexity index is 207. The van der Waals surface area contributed by atoms with Crippen LogP contribution in [0.4, 0.5) is 0 Å². The average Bonchev–Trinajstić information content (AvgIpc) is 2.20. The molecule has 0 amide bonds. The van der Waals surface area contributed by atoms with E-state index in [0.29, 0.717) is 5.92 Å². The fourth-order valence-corrected chi connectivity index (χ4v) is 4.35. The molecule has 0 saturated heterocycles. The van der Waals surface area contributed by atoms with Gasteiger partial charge >= 0.3 is 0 Å². The lowest BCUT2D eigenvalue weighted by Crippen LogP contribution is -2.43. The van der Waals surface area contributed by atoms with Gasteiger partial charge in [-0.1, -0.05) is 0 Å². The number of hydrogen-bond donors (Lipinski definition) is 1. The van der Waals surface area contributed by atoms with E-state index in [4.69, 9.17) is 0 Å². The van der Waals surface area contributed by atoms with Crippen LogP contribution in [-0.4, -0.2) is 10.7 Å². The van der Waals surface area contributed by atoms with Crippen LogP contribution in [0.2, 0.25) is 0 Å². The summed E-state index contributed by atoms with van der Waals surface area (Å²) in [6.45, 7) is 2.07. The zero-order valence-corrected chi connectivity index (χ0v) is 7.79. The van der Waals surface area contributed by atoms with Gasteiger partial charge in [0, 0.05) is 0 Å². The van der Waals surface area contributed by atoms with E-state index < -0.39 is 0 Å². The van der Waals surface area contributed by atoms with E-state index in [0.717, 1.165) is 24.2 Å². The molecule has 0 aromatic rings. The standard InChI is InChI=1S/C11H18O/c1-11(12)6-8-2-7-3-9(4-8)10(11)5-7/h7-10,12H,2-6H2,1H3/t7?,8?,9?,10?,11-/m0/s1. The lowest BCUT2D eigenvalue weighted by atomic mass is 9.66. The molecule has 0 aliphatic heterocycles. The summed E-state index contributed by atoms with van der Waals surface area (Å²) in [5.74, 6) is 3.38. The zero-order chi connectivity index (χ0) is 8.34. The molecule has 3 saturated carbocycles. The van der Waals surface area contributed by atoms with E-state index in [-0.39, 0.29) is 5.60 Å². The van der Waals surface area contributed by atoms with Gasteiger partial charge in [-0.15, -0.1) is 0 Å². The fourth-order valence-electron chi connectivity index (χ4n) is 4.35. The van der Waals surface area contributed by atoms with E-state index in [1.807, 2.05) is 0 Å². The van der Waals surface area contributed by atoms with Gasteiger partial charge in [0.2, 0.25) is 0 Å². The smallest absolute Gasteiger partial charge is 0.0653 e. The first-order valence-corrected chi connectivity index (χ1v) is 5.37. The lowest BCUT2D eigenvalue weighted by Gasteiger charge is -2.43. The average molecular weight is 166 g/mol. The van der Waals surface area contributed by atoms with Crippen molar-refractivity contribution in [1.82, 2.24) is 0 Å². The van der Waals surface area contributed by atoms with E-state index in [9.17, 15) is 5.11 Å². The highest BCUT2D eigenvalue weighted by atomic mass is 16.3. The van der Waals surface area contributed by atoms with Crippen molar-refractivity contribution in [1.29, 1.82) is 0 Å². The van der Waals surface area contributed by atoms with Gasteiger partial charge in [-0.25, -0.2) is 0 Å². The highest BCUT2D eigenvalue weighted by Gasteiger charge is 2.53. The van der Waals surface area contributed by atoms with Gasteiger partial charge in [-0.05, 0) is 62.7 Å². The van der Waals surface area contributed by atoms with Crippen LogP contribution in [0.1, 0.15) is 39.0 Å². The van der Waals surface area contributed by atoms with Gasteiger partial charge in [-0.2, -0.15) is 0 Å². The molecule has 4 unspecified atom stereocenters. The molecule has 5 atom stereocenters. The van der Waals surface area contributed by atoms with E-state index >= 15 is 0 Å². The molecule has 0 radical (unpaired) electrons. The summed E-state index contributed by atoms with van der Waals surface area (Å²) in [5.41, 5.74) is -0.307. The first kappa shape index (κ1) is 7.37. The Morgan fingerprint density at radius 3 is 2.67 bits per heavy atom. The number of rotatable bonds is 0. The monoisotopic (exact) mass is 166 g/mol. The molecule has 3 rings (SSSR count). The van der Waals surface area contributed by atoms with Crippen molar-refractivity contribution in [3.8, 4) is 0 Å². The van der Waals surface area contributed by atoms with Gasteiger partial charge in [0.05, 0.1) is 5.60 Å². The highest BCUT2D eigenvalue weighted by Crippen LogP contribution is 2.58. The van der Waals surface area contributed by atoms with Crippen molar-refractivity contribution in [2.24, 2.45) is 23.7 Å². The summed E-state index contributed by atoms with van der Waals surface area (Å²) in [7, 11) is 0. The second-order valence-electron chi connectivity index (χ2n) is 5.60. The third-order valence-corrected chi connectivity index (χ3v) is 4.60. The lowest BCUT2D eigenvalue weighted by molar-refractivity contribution is -0.0661. The van der Waals surface area contributed by atoms with Crippen LogP contribution in [0, 0.1) is 23.7 Å². The Morgan fingerprint density at radius 2 is 1.83 bits per heavy atom. The van der Waals surface area contributed by atoms with Crippen molar-refractivity contribution in [2.45, 2.75) is 44.6 Å². The second-order valence-corrected chi connectivity index (χ2v) is 5.60. The molecule has 12 heavy (non-hydrogen) atoms. The third-order valence-electron chi connectivity index (χ3n) is 4.60. The maximum atomic E-state index is 10.2. The normalized spacial score (nSPS) is 62.5. The van der Waals surface area contributed by atoms with Crippen LogP contribution >= 0.6 is 0 Å². The number of hydrogen-bond acceptors (Lipinski definition) is 1. The Balaban J connectivity index is 1.98. The summed E-state index contributed by atoms with van der Waals surface area (Å²) in [6.07, 6.45) is 6.69. The molecule has 1 nitrogen and oxygen atoms in total. The predicted octanol–water partition coefficient (Wildman–Crippen LogP) is 2.19. The molecule has 0 aromatic carbocycles. The van der Waals surface area contributed by atoms with E-state index in [1.165, 1.54) is 25.7 Å². The minimum atomic E-state index is -0.307. The van der Waals surface area contributed by atoms with E-state index in [1.54, 1.807) is 0 Å². The summed E-state index contributed by atoms with van der Waals surface area (Å²) >= 11 is 0. The van der Waals surface area contributed by atoms with Crippen LogP contribution in [0.5, 0.6) is 0 Å². The largest absolute Gasteiger partial charge is 0.390 e. The summed E-state index contributed by atoms with van der Waals surface area (Å²) in [5, 5.41) is 10.2. The van der Waals surface area contributed by atoms with Crippen LogP contribution in [-0.2, 0) is 0 Å². The van der Waals surface area contributed by atoms with Crippen LogP contribution in [0.3, 0.4) is 0 Å². The maximum Gasteiger partial charge on any atom is 0.0653 e. The molecule has 3 bridgehead atoms. The molecule has 1 N–H and O–H groups in total. The Morgan fingerprint density at radius 1 is 1.08 bits per heavy atom. The molecule has 68 valence electrons. The third kappa shape index (κ3) is 0.834. The molecule has 0 aromatic heterocycles. The summed E-state index contributed by atoms with van der Waals surface area (Å²) in [6, 6.07) is 0. The van der Waals surface area contributed by atoms with Gasteiger partial charge < -0.3 is 5.11 Å². The van der Waals surface area contributed by atoms with Gasteiger partial charge in [0.15, 0.2) is 0 Å². The first-order valence-electron chi connectivity index (χ1n) is 5.37. The zero-order valence-electron chi connectivity index (χ0n) is 7.79. The quantitative estimate of drug-likeness (QED) is 0.585. The second kappa shape index (κ2) is 2.06. The number of fused-ring (bicyclic) bond motifs is 2. The van der Waals surface area contributed by atoms with Gasteiger partial charge in [0.1, 0.15) is 0 Å². The van der Waals surface area contributed by atoms with Crippen molar-refractivity contribution in [3.63, 3.8) is 0 Å². The molecule has 3 aliphatic carbocycles. The molecular weight excluding hydrogens is 148 g/mol. The number of aliphatic hydroxyl groups is 1. The maximum absolute atomic E-state index is 10.2. The molecule has 3 fully saturated rings. The summed E-state index contributed by atoms with van der Waals surface area (Å²) < 4.78 is 0. The summed E-state index contributed by atoms with van der Waals surface area (Å²) in [4.78, 5) is 0. The molecular formula is C11H18O. The molecule has 0 spiro atoms. The van der Waals surface area contributed by atoms with E-state index in [2.05, 4.69) is 6.92 Å². The van der Waals surface area contributed by atoms with Gasteiger partial charge in [0.25, 0.3) is 0 Å². The van der Waals surface area contributed by atoms with Crippen LogP contribution < -0.4 is 0 Å².